The maximum absolute atomic E-state index is 14.1. The molecule has 4 aromatic rings. The van der Waals surface area contributed by atoms with Crippen molar-refractivity contribution in [1.29, 1.82) is 0 Å². The van der Waals surface area contributed by atoms with Gasteiger partial charge in [-0.25, -0.2) is 18.7 Å². The summed E-state index contributed by atoms with van der Waals surface area (Å²) in [5, 5.41) is 7.28. The predicted molar refractivity (Wildman–Crippen MR) is 141 cm³/mol. The van der Waals surface area contributed by atoms with Crippen LogP contribution in [0.5, 0.6) is 0 Å². The molecule has 0 atom stereocenters. The zero-order valence-electron chi connectivity index (χ0n) is 19.7. The van der Waals surface area contributed by atoms with Gasteiger partial charge in [0.25, 0.3) is 11.5 Å². The van der Waals surface area contributed by atoms with Crippen LogP contribution in [-0.4, -0.2) is 35.8 Å². The van der Waals surface area contributed by atoms with Crippen LogP contribution in [0.15, 0.2) is 52.2 Å². The van der Waals surface area contributed by atoms with Crippen molar-refractivity contribution in [1.82, 2.24) is 29.2 Å². The number of benzene rings is 1. The summed E-state index contributed by atoms with van der Waals surface area (Å²) in [5.74, 6) is -0.886. The van der Waals surface area contributed by atoms with Gasteiger partial charge in [0.2, 0.25) is 0 Å². The monoisotopic (exact) mass is 602 g/mol. The van der Waals surface area contributed by atoms with Gasteiger partial charge in [-0.05, 0) is 85.5 Å². The van der Waals surface area contributed by atoms with Crippen LogP contribution in [0.25, 0.3) is 16.7 Å². The van der Waals surface area contributed by atoms with Crippen LogP contribution in [0.3, 0.4) is 0 Å². The normalized spacial score (nSPS) is 17.9. The molecule has 1 N–H and O–H groups in total. The number of amides is 1. The standard InChI is InChI=1S/C25H24FIN6O3/c1-14-10-21(30-31(14)2)23(34)29-17-6-8-18(9-7-17)33-24(35)20-11-15(26)13-28-22(20)32(25(33)36)19-5-3-4-16(27)12-19/h3-5,10-13,17-18H,6-9H2,1-2H3,(H,29,34). The molecule has 5 rings (SSSR count). The predicted octanol–water partition coefficient (Wildman–Crippen LogP) is 3.25. The molecule has 0 radical (unpaired) electrons. The van der Waals surface area contributed by atoms with Crippen molar-refractivity contribution >= 4 is 39.5 Å². The van der Waals surface area contributed by atoms with E-state index in [1.807, 2.05) is 25.1 Å². The highest BCUT2D eigenvalue weighted by Crippen LogP contribution is 2.28. The summed E-state index contributed by atoms with van der Waals surface area (Å²) < 4.78 is 19.2. The molecule has 3 heterocycles. The first-order chi connectivity index (χ1) is 17.2. The summed E-state index contributed by atoms with van der Waals surface area (Å²) >= 11 is 2.15. The smallest absolute Gasteiger partial charge is 0.337 e. The third-order valence-electron chi connectivity index (χ3n) is 6.70. The van der Waals surface area contributed by atoms with Gasteiger partial charge in [0.1, 0.15) is 11.5 Å². The quantitative estimate of drug-likeness (QED) is 0.362. The molecular weight excluding hydrogens is 578 g/mol. The minimum atomic E-state index is -0.643. The van der Waals surface area contributed by atoms with Crippen molar-refractivity contribution in [2.45, 2.75) is 44.7 Å². The van der Waals surface area contributed by atoms with Crippen molar-refractivity contribution in [3.05, 3.63) is 84.2 Å². The molecular formula is C25H24FIN6O3. The first-order valence-corrected chi connectivity index (χ1v) is 12.7. The highest BCUT2D eigenvalue weighted by Gasteiger charge is 2.28. The lowest BCUT2D eigenvalue weighted by Gasteiger charge is -2.30. The fourth-order valence-electron chi connectivity index (χ4n) is 4.76. The van der Waals surface area contributed by atoms with E-state index in [4.69, 9.17) is 0 Å². The molecule has 1 aliphatic rings. The Bertz CT molecular complexity index is 1580. The van der Waals surface area contributed by atoms with E-state index in [9.17, 15) is 18.8 Å². The van der Waals surface area contributed by atoms with Gasteiger partial charge in [-0.15, -0.1) is 0 Å². The minimum absolute atomic E-state index is 0.0504. The first-order valence-electron chi connectivity index (χ1n) is 11.6. The summed E-state index contributed by atoms with van der Waals surface area (Å²) in [6.45, 7) is 1.88. The molecule has 1 fully saturated rings. The summed E-state index contributed by atoms with van der Waals surface area (Å²) in [5.41, 5.74) is 0.852. The van der Waals surface area contributed by atoms with Gasteiger partial charge in [0, 0.05) is 28.4 Å². The van der Waals surface area contributed by atoms with Crippen LogP contribution in [-0.2, 0) is 7.05 Å². The maximum atomic E-state index is 14.1. The molecule has 11 heteroatoms. The molecule has 3 aromatic heterocycles. The highest BCUT2D eigenvalue weighted by molar-refractivity contribution is 14.1. The summed E-state index contributed by atoms with van der Waals surface area (Å²) in [4.78, 5) is 43.8. The Kier molecular flexibility index (Phi) is 6.49. The number of nitrogens with zero attached hydrogens (tertiary/aromatic N) is 5. The maximum Gasteiger partial charge on any atom is 0.337 e. The zero-order chi connectivity index (χ0) is 25.6. The molecule has 186 valence electrons. The summed E-state index contributed by atoms with van der Waals surface area (Å²) in [7, 11) is 1.78. The lowest BCUT2D eigenvalue weighted by atomic mass is 9.90. The van der Waals surface area contributed by atoms with Crippen molar-refractivity contribution in [3.63, 3.8) is 0 Å². The van der Waals surface area contributed by atoms with Crippen LogP contribution < -0.4 is 16.6 Å². The van der Waals surface area contributed by atoms with Gasteiger partial charge in [0.05, 0.1) is 17.3 Å². The fraction of sp³-hybridized carbons (Fsp3) is 0.320. The molecule has 1 aromatic carbocycles. The van der Waals surface area contributed by atoms with Gasteiger partial charge in [-0.1, -0.05) is 6.07 Å². The van der Waals surface area contributed by atoms with Gasteiger partial charge in [-0.2, -0.15) is 5.10 Å². The Morgan fingerprint density at radius 3 is 2.56 bits per heavy atom. The largest absolute Gasteiger partial charge is 0.348 e. The number of halogens is 2. The molecule has 9 nitrogen and oxygen atoms in total. The number of hydrogen-bond acceptors (Lipinski definition) is 5. The van der Waals surface area contributed by atoms with Crippen LogP contribution in [0.1, 0.15) is 47.9 Å². The number of aryl methyl sites for hydroxylation is 2. The zero-order valence-corrected chi connectivity index (χ0v) is 21.9. The fourth-order valence-corrected chi connectivity index (χ4v) is 5.29. The van der Waals surface area contributed by atoms with Crippen molar-refractivity contribution < 1.29 is 9.18 Å². The average Bonchev–Trinajstić information content (AvgIpc) is 3.19. The van der Waals surface area contributed by atoms with Crippen molar-refractivity contribution in [3.8, 4) is 5.69 Å². The second kappa shape index (κ2) is 9.60. The van der Waals surface area contributed by atoms with E-state index in [1.54, 1.807) is 23.9 Å². The number of aromatic nitrogens is 5. The molecule has 0 aliphatic heterocycles. The lowest BCUT2D eigenvalue weighted by molar-refractivity contribution is 0.0916. The second-order valence-corrected chi connectivity index (χ2v) is 10.3. The molecule has 0 spiro atoms. The van der Waals surface area contributed by atoms with Crippen LogP contribution in [0.2, 0.25) is 0 Å². The number of nitrogens with one attached hydrogen (secondary N) is 1. The molecule has 36 heavy (non-hydrogen) atoms. The highest BCUT2D eigenvalue weighted by atomic mass is 127. The van der Waals surface area contributed by atoms with E-state index >= 15 is 0 Å². The number of pyridine rings is 1. The Labute approximate surface area is 219 Å². The average molecular weight is 602 g/mol. The van der Waals surface area contributed by atoms with Gasteiger partial charge in [-0.3, -0.25) is 18.8 Å². The Balaban J connectivity index is 1.47. The number of rotatable bonds is 4. The molecule has 1 aliphatic carbocycles. The molecule has 1 amide bonds. The van der Waals surface area contributed by atoms with E-state index in [2.05, 4.69) is 38.0 Å². The molecule has 0 saturated heterocycles. The van der Waals surface area contributed by atoms with Crippen LogP contribution in [0, 0.1) is 16.3 Å². The van der Waals surface area contributed by atoms with E-state index in [0.717, 1.165) is 21.5 Å². The Morgan fingerprint density at radius 1 is 1.14 bits per heavy atom. The summed E-state index contributed by atoms with van der Waals surface area (Å²) in [6, 6.07) is 9.66. The van der Waals surface area contributed by atoms with Crippen LogP contribution >= 0.6 is 22.6 Å². The topological polar surface area (TPSA) is 104 Å². The van der Waals surface area contributed by atoms with Crippen molar-refractivity contribution in [2.75, 3.05) is 0 Å². The lowest BCUT2D eigenvalue weighted by Crippen LogP contribution is -2.45. The minimum Gasteiger partial charge on any atom is -0.348 e. The summed E-state index contributed by atoms with van der Waals surface area (Å²) in [6.07, 6.45) is 3.23. The molecule has 0 unspecified atom stereocenters. The van der Waals surface area contributed by atoms with E-state index in [-0.39, 0.29) is 29.0 Å². The van der Waals surface area contributed by atoms with Gasteiger partial charge < -0.3 is 5.32 Å². The van der Waals surface area contributed by atoms with Crippen LogP contribution in [0.4, 0.5) is 4.39 Å². The molecule has 1 saturated carbocycles. The molecule has 0 bridgehead atoms. The Hall–Kier alpha value is -3.35. The van der Waals surface area contributed by atoms with E-state index in [0.29, 0.717) is 37.1 Å². The second-order valence-electron chi connectivity index (χ2n) is 9.07. The SMILES string of the molecule is Cc1cc(C(=O)NC2CCC(n3c(=O)c4cc(F)cnc4n(-c4cccc(I)c4)c3=O)CC2)nn1C. The van der Waals surface area contributed by atoms with Gasteiger partial charge in [0.15, 0.2) is 5.65 Å². The number of carbonyl (C=O) groups excluding carboxylic acids is 1. The van der Waals surface area contributed by atoms with E-state index < -0.39 is 17.1 Å². The number of carbonyl (C=O) groups is 1. The number of fused-ring (bicyclic) bond motifs is 1. The first kappa shape index (κ1) is 24.3. The third kappa shape index (κ3) is 4.47. The third-order valence-corrected chi connectivity index (χ3v) is 7.37. The van der Waals surface area contributed by atoms with E-state index in [1.165, 1.54) is 9.13 Å². The van der Waals surface area contributed by atoms with Gasteiger partial charge >= 0.3 is 5.69 Å². The number of hydrogen-bond donors (Lipinski definition) is 1. The Morgan fingerprint density at radius 2 is 1.89 bits per heavy atom. The van der Waals surface area contributed by atoms with Crippen molar-refractivity contribution in [2.24, 2.45) is 7.05 Å².